The first-order valence-electron chi connectivity index (χ1n) is 7.43. The second kappa shape index (κ2) is 12.9. The Balaban J connectivity index is 0.000000713. The number of aliphatic carboxylic acids is 3. The van der Waals surface area contributed by atoms with Crippen LogP contribution in [0.3, 0.4) is 0 Å². The molecule has 12 heteroatoms. The van der Waals surface area contributed by atoms with Crippen molar-refractivity contribution in [3.05, 3.63) is 42.5 Å². The maximum absolute atomic E-state index is 12.6. The summed E-state index contributed by atoms with van der Waals surface area (Å²) in [5.74, 6) is -2.78. The summed E-state index contributed by atoms with van der Waals surface area (Å²) in [6.45, 7) is -1.62. The third-order valence-corrected chi connectivity index (χ3v) is 6.46. The fraction of sp³-hybridized carbons (Fsp3) is 0.267. The van der Waals surface area contributed by atoms with Gasteiger partial charge in [-0.25, -0.2) is 19.2 Å². The zero-order chi connectivity index (χ0) is 20.9. The van der Waals surface area contributed by atoms with E-state index in [2.05, 4.69) is 5.09 Å². The van der Waals surface area contributed by atoms with Crippen molar-refractivity contribution in [2.24, 2.45) is 5.73 Å². The Morgan fingerprint density at radius 3 is 2.11 bits per heavy atom. The van der Waals surface area contributed by atoms with Crippen LogP contribution in [0, 0.1) is 0 Å². The molecule has 1 rings (SSSR count). The van der Waals surface area contributed by atoms with Crippen molar-refractivity contribution < 1.29 is 38.8 Å². The second-order valence-corrected chi connectivity index (χ2v) is 9.04. The fourth-order valence-electron chi connectivity index (χ4n) is 1.32. The second-order valence-electron chi connectivity index (χ2n) is 4.72. The minimum Gasteiger partial charge on any atom is -0.480 e. The predicted molar refractivity (Wildman–Crippen MR) is 101 cm³/mol. The van der Waals surface area contributed by atoms with E-state index in [-0.39, 0.29) is 0 Å². The Kier molecular flexibility index (Phi) is 11.8. The van der Waals surface area contributed by atoms with Gasteiger partial charge in [0.25, 0.3) is 0 Å². The van der Waals surface area contributed by atoms with Gasteiger partial charge < -0.3 is 25.6 Å². The minimum atomic E-state index is -3.36. The molecule has 0 spiro atoms. The molecule has 0 fully saturated rings. The highest BCUT2D eigenvalue weighted by Gasteiger charge is 2.30. The van der Waals surface area contributed by atoms with E-state index < -0.39 is 30.7 Å². The van der Waals surface area contributed by atoms with Gasteiger partial charge in [-0.15, -0.1) is 0 Å². The molecule has 0 aromatic heterocycles. The van der Waals surface area contributed by atoms with Crippen LogP contribution in [-0.4, -0.2) is 51.6 Å². The molecule has 0 saturated heterocycles. The van der Waals surface area contributed by atoms with Gasteiger partial charge in [0.15, 0.2) is 0 Å². The summed E-state index contributed by atoms with van der Waals surface area (Å²) < 4.78 is 18.0. The van der Waals surface area contributed by atoms with E-state index in [4.69, 9.17) is 25.6 Å². The average molecular weight is 420 g/mol. The van der Waals surface area contributed by atoms with Crippen molar-refractivity contribution in [1.82, 2.24) is 5.09 Å². The Hall–Kier alpha value is -2.33. The van der Waals surface area contributed by atoms with Crippen LogP contribution >= 0.6 is 18.1 Å². The molecule has 27 heavy (non-hydrogen) atoms. The monoisotopic (exact) mass is 420 g/mol. The zero-order valence-corrected chi connectivity index (χ0v) is 16.1. The number of hydrogen-bond acceptors (Lipinski definition) is 7. The Bertz CT molecular complexity index is 682. The molecule has 6 N–H and O–H groups in total. The smallest absolute Gasteiger partial charge is 0.375 e. The van der Waals surface area contributed by atoms with Crippen LogP contribution in [0.2, 0.25) is 0 Å². The molecule has 0 radical (unpaired) electrons. The first kappa shape index (κ1) is 24.7. The first-order valence-corrected chi connectivity index (χ1v) is 10.6. The largest absolute Gasteiger partial charge is 0.480 e. The SMILES string of the molecule is CC(N[P@@](=O)(Oc1ccccc1)SCCN)C(=O)O.O=C(O)/C=C/C(=O)O. The molecule has 150 valence electrons. The summed E-state index contributed by atoms with van der Waals surface area (Å²) in [6, 6.07) is 7.63. The van der Waals surface area contributed by atoms with Gasteiger partial charge in [0.2, 0.25) is 0 Å². The molecule has 0 aliphatic carbocycles. The molecule has 0 aliphatic heterocycles. The molecule has 10 nitrogen and oxygen atoms in total. The molecule has 1 aromatic carbocycles. The Morgan fingerprint density at radius 1 is 1.19 bits per heavy atom. The molecule has 0 heterocycles. The summed E-state index contributed by atoms with van der Waals surface area (Å²) in [5, 5.41) is 27.0. The number of carbonyl (C=O) groups is 3. The summed E-state index contributed by atoms with van der Waals surface area (Å²) in [5.41, 5.74) is 5.38. The molecule has 1 aromatic rings. The van der Waals surface area contributed by atoms with Crippen LogP contribution in [0.5, 0.6) is 5.75 Å². The van der Waals surface area contributed by atoms with Gasteiger partial charge in [-0.3, -0.25) is 4.79 Å². The van der Waals surface area contributed by atoms with E-state index in [0.29, 0.717) is 30.2 Å². The maximum atomic E-state index is 12.6. The molecule has 2 atom stereocenters. The molecular weight excluding hydrogens is 399 g/mol. The van der Waals surface area contributed by atoms with Gasteiger partial charge in [0, 0.05) is 24.4 Å². The van der Waals surface area contributed by atoms with Gasteiger partial charge >= 0.3 is 24.6 Å². The summed E-state index contributed by atoms with van der Waals surface area (Å²) in [7, 11) is 0. The van der Waals surface area contributed by atoms with E-state index in [9.17, 15) is 18.9 Å². The standard InChI is InChI=1S/C11H17N2O4PS.C4H4O4/c1-9(11(14)15)13-18(16,19-8-7-12)17-10-5-3-2-4-6-10;5-3(6)1-2-4(7)8/h2-6,9H,7-8,12H2,1H3,(H,13,16)(H,14,15);1-2H,(H,5,6)(H,7,8)/b;2-1+/t9?,18-;/m1./s1. The Labute approximate surface area is 159 Å². The molecule has 0 aliphatic rings. The number of nitrogens with two attached hydrogens (primary N) is 1. The Morgan fingerprint density at radius 2 is 1.70 bits per heavy atom. The van der Waals surface area contributed by atoms with E-state index in [1.165, 1.54) is 6.92 Å². The van der Waals surface area contributed by atoms with Gasteiger partial charge in [0.05, 0.1) is 0 Å². The quantitative estimate of drug-likeness (QED) is 0.275. The third kappa shape index (κ3) is 12.6. The van der Waals surface area contributed by atoms with Crippen molar-refractivity contribution in [2.75, 3.05) is 12.3 Å². The third-order valence-electron chi connectivity index (χ3n) is 2.44. The topological polar surface area (TPSA) is 176 Å². The van der Waals surface area contributed by atoms with Crippen LogP contribution in [0.4, 0.5) is 0 Å². The molecule has 0 amide bonds. The van der Waals surface area contributed by atoms with E-state index >= 15 is 0 Å². The first-order chi connectivity index (χ1) is 12.6. The van der Waals surface area contributed by atoms with E-state index in [1.54, 1.807) is 30.3 Å². The number of carboxylic acids is 3. The van der Waals surface area contributed by atoms with Crippen molar-refractivity contribution in [3.63, 3.8) is 0 Å². The summed E-state index contributed by atoms with van der Waals surface area (Å²) in [4.78, 5) is 29.9. The van der Waals surface area contributed by atoms with Gasteiger partial charge in [0.1, 0.15) is 11.8 Å². The van der Waals surface area contributed by atoms with Crippen molar-refractivity contribution in [1.29, 1.82) is 0 Å². The van der Waals surface area contributed by atoms with Gasteiger partial charge in [-0.1, -0.05) is 18.2 Å². The number of nitrogens with one attached hydrogen (secondary N) is 1. The van der Waals surface area contributed by atoms with Crippen molar-refractivity contribution >= 4 is 36.0 Å². The van der Waals surface area contributed by atoms with Crippen LogP contribution < -0.4 is 15.3 Å². The average Bonchev–Trinajstić information content (AvgIpc) is 2.59. The van der Waals surface area contributed by atoms with Crippen molar-refractivity contribution in [2.45, 2.75) is 13.0 Å². The molecule has 0 saturated carbocycles. The lowest BCUT2D eigenvalue weighted by Gasteiger charge is -2.21. The highest BCUT2D eigenvalue weighted by molar-refractivity contribution is 8.56. The summed E-state index contributed by atoms with van der Waals surface area (Å²) >= 11 is 0.998. The van der Waals surface area contributed by atoms with Crippen LogP contribution in [0.25, 0.3) is 0 Å². The van der Waals surface area contributed by atoms with Crippen LogP contribution in [-0.2, 0) is 18.9 Å². The van der Waals surface area contributed by atoms with Crippen LogP contribution in [0.1, 0.15) is 6.92 Å². The van der Waals surface area contributed by atoms with Gasteiger partial charge in [-0.05, 0) is 30.4 Å². The van der Waals surface area contributed by atoms with Crippen molar-refractivity contribution in [3.8, 4) is 5.75 Å². The minimum absolute atomic E-state index is 0.329. The highest BCUT2D eigenvalue weighted by Crippen LogP contribution is 2.55. The molecular formula is C15H21N2O8PS. The zero-order valence-electron chi connectivity index (χ0n) is 14.3. The number of hydrogen-bond donors (Lipinski definition) is 5. The summed E-state index contributed by atoms with van der Waals surface area (Å²) in [6.07, 6.45) is 1.12. The lowest BCUT2D eigenvalue weighted by Crippen LogP contribution is -2.32. The number of rotatable bonds is 10. The normalized spacial score (nSPS) is 13.7. The fourth-order valence-corrected chi connectivity index (χ4v) is 4.98. The van der Waals surface area contributed by atoms with Gasteiger partial charge in [-0.2, -0.15) is 0 Å². The van der Waals surface area contributed by atoms with Crippen LogP contribution in [0.15, 0.2) is 42.5 Å². The number of carboxylic acid groups (broad SMARTS) is 3. The number of benzene rings is 1. The molecule has 0 bridgehead atoms. The maximum Gasteiger partial charge on any atom is 0.375 e. The molecule has 1 unspecified atom stereocenters. The lowest BCUT2D eigenvalue weighted by molar-refractivity contribution is -0.138. The lowest BCUT2D eigenvalue weighted by atomic mass is 10.3. The van der Waals surface area contributed by atoms with E-state index in [0.717, 1.165) is 11.4 Å². The highest BCUT2D eigenvalue weighted by atomic mass is 32.7. The van der Waals surface area contributed by atoms with E-state index in [1.807, 2.05) is 0 Å². The predicted octanol–water partition coefficient (Wildman–Crippen LogP) is 1.64. The number of para-hydroxylation sites is 1.